The molecule has 66 heavy (non-hydrogen) atoms. The van der Waals surface area contributed by atoms with Gasteiger partial charge < -0.3 is 109 Å². The third-order valence-electron chi connectivity index (χ3n) is 15.9. The second-order valence-corrected chi connectivity index (χ2v) is 19.8. The van der Waals surface area contributed by atoms with Gasteiger partial charge in [-0.2, -0.15) is 0 Å². The Morgan fingerprint density at radius 3 is 1.56 bits per heavy atom. The molecule has 4 saturated heterocycles. The van der Waals surface area contributed by atoms with Crippen LogP contribution in [0.5, 0.6) is 0 Å². The van der Waals surface area contributed by atoms with Crippen LogP contribution in [0.15, 0.2) is 12.2 Å². The summed E-state index contributed by atoms with van der Waals surface area (Å²) in [5.41, 5.74) is -0.818. The van der Waals surface area contributed by atoms with E-state index in [0.29, 0.717) is 50.5 Å². The monoisotopic (exact) mass is 954 g/mol. The zero-order valence-electron chi connectivity index (χ0n) is 37.0. The van der Waals surface area contributed by atoms with Crippen molar-refractivity contribution in [2.24, 2.45) is 28.6 Å². The molecule has 7 aliphatic rings. The summed E-state index contributed by atoms with van der Waals surface area (Å²) >= 11 is 0. The molecule has 0 bridgehead atoms. The van der Waals surface area contributed by atoms with Gasteiger partial charge in [-0.25, -0.2) is 0 Å². The third kappa shape index (κ3) is 9.61. The van der Waals surface area contributed by atoms with Crippen LogP contribution in [0.1, 0.15) is 65.2 Å². The van der Waals surface area contributed by atoms with Crippen LogP contribution in [-0.4, -0.2) is 233 Å². The molecule has 26 atom stereocenters. The van der Waals surface area contributed by atoms with Gasteiger partial charge in [0.1, 0.15) is 97.7 Å². The van der Waals surface area contributed by atoms with Crippen LogP contribution in [0.3, 0.4) is 0 Å². The lowest BCUT2D eigenvalue weighted by Gasteiger charge is -2.59. The highest BCUT2D eigenvalue weighted by Crippen LogP contribution is 2.64. The maximum atomic E-state index is 14.2. The Hall–Kier alpha value is -1.63. The van der Waals surface area contributed by atoms with E-state index in [1.54, 1.807) is 0 Å². The molecule has 0 amide bonds. The van der Waals surface area contributed by atoms with E-state index in [-0.39, 0.29) is 17.8 Å². The number of fused-ring (bicyclic) bond motifs is 3. The fourth-order valence-corrected chi connectivity index (χ4v) is 12.0. The van der Waals surface area contributed by atoms with Crippen molar-refractivity contribution in [3.63, 3.8) is 0 Å². The molecule has 3 aliphatic carbocycles. The highest BCUT2D eigenvalue weighted by molar-refractivity contribution is 5.77. The van der Waals surface area contributed by atoms with E-state index in [9.17, 15) is 76.3 Å². The van der Waals surface area contributed by atoms with Gasteiger partial charge in [0.2, 0.25) is 6.29 Å². The van der Waals surface area contributed by atoms with E-state index in [1.165, 1.54) is 0 Å². The fraction of sp³-hybridized carbons (Fsp3) is 0.930. The largest absolute Gasteiger partial charge is 0.432 e. The predicted molar refractivity (Wildman–Crippen MR) is 217 cm³/mol. The lowest BCUT2D eigenvalue weighted by atomic mass is 9.45. The number of carbonyl (C=O) groups is 1. The Morgan fingerprint density at radius 1 is 0.561 bits per heavy atom. The van der Waals surface area contributed by atoms with Crippen LogP contribution in [0.4, 0.5) is 0 Å². The first-order chi connectivity index (χ1) is 31.2. The molecular formula is C43H70O23. The minimum atomic E-state index is -1.95. The van der Waals surface area contributed by atoms with Crippen molar-refractivity contribution >= 4 is 5.97 Å². The second kappa shape index (κ2) is 21.0. The summed E-state index contributed by atoms with van der Waals surface area (Å²) in [6.07, 6.45) is -30.3. The van der Waals surface area contributed by atoms with Crippen LogP contribution in [0.2, 0.25) is 0 Å². The quantitative estimate of drug-likeness (QED) is 0.0642. The molecule has 7 fully saturated rings. The van der Waals surface area contributed by atoms with Gasteiger partial charge in [0.25, 0.3) is 0 Å². The minimum Gasteiger partial charge on any atom is -0.432 e. The fourth-order valence-electron chi connectivity index (χ4n) is 12.0. The van der Waals surface area contributed by atoms with Crippen molar-refractivity contribution in [1.82, 2.24) is 0 Å². The van der Waals surface area contributed by atoms with Gasteiger partial charge in [-0.3, -0.25) is 4.79 Å². The Bertz CT molecular complexity index is 1640. The van der Waals surface area contributed by atoms with Crippen molar-refractivity contribution < 1.29 is 114 Å². The van der Waals surface area contributed by atoms with Gasteiger partial charge in [0, 0.05) is 0 Å². The summed E-state index contributed by atoms with van der Waals surface area (Å²) < 4.78 is 47.5. The number of rotatable bonds is 12. The van der Waals surface area contributed by atoms with Gasteiger partial charge in [0.05, 0.1) is 37.9 Å². The summed E-state index contributed by atoms with van der Waals surface area (Å²) in [4.78, 5) is 14.2. The average molecular weight is 955 g/mol. The standard InChI is InChI=1S/C43H70O23/c1-16-11-17-5-8-24-42(2,9-4-10-43(24,3)41(58)66-39-34(57)31(54)27(50)22(14-46)62-39)18(17)6-7-19(16)59-40-36(65-38-33(56)30(53)26(49)21(13-45)61-38)35(28(51)23(15-47)63-40)64-37-32(55)29(52)25(48)20(12-44)60-37/h17-40,44-57H,1,4-15H2,2-3H3/t17?,18-,19?,20?,21?,22?,23?,24?,25?,26?,27?,28?,29?,30?,31?,32?,33?,34?,35?,36?,37?,38?,39?,40?,42+,43-/m1/s1. The van der Waals surface area contributed by atoms with E-state index in [1.807, 2.05) is 6.92 Å². The summed E-state index contributed by atoms with van der Waals surface area (Å²) in [7, 11) is 0. The molecular weight excluding hydrogens is 884 g/mol. The van der Waals surface area contributed by atoms with Crippen molar-refractivity contribution in [2.75, 3.05) is 26.4 Å². The summed E-state index contributed by atoms with van der Waals surface area (Å²) in [6.45, 7) is 5.26. The molecule has 3 saturated carbocycles. The van der Waals surface area contributed by atoms with Crippen molar-refractivity contribution in [2.45, 2.75) is 194 Å². The first-order valence-corrected chi connectivity index (χ1v) is 23.0. The van der Waals surface area contributed by atoms with Gasteiger partial charge in [-0.05, 0) is 80.6 Å². The number of esters is 1. The second-order valence-electron chi connectivity index (χ2n) is 19.8. The van der Waals surface area contributed by atoms with Crippen LogP contribution in [0, 0.1) is 28.6 Å². The molecule has 380 valence electrons. The molecule has 23 heteroatoms. The lowest BCUT2D eigenvalue weighted by molar-refractivity contribution is -0.394. The highest BCUT2D eigenvalue weighted by Gasteiger charge is 2.61. The van der Waals surface area contributed by atoms with Crippen LogP contribution < -0.4 is 0 Å². The van der Waals surface area contributed by atoms with Crippen LogP contribution >= 0.6 is 0 Å². The Balaban J connectivity index is 1.13. The lowest BCUT2D eigenvalue weighted by Crippen LogP contribution is -2.67. The van der Waals surface area contributed by atoms with Gasteiger partial charge in [-0.15, -0.1) is 0 Å². The molecule has 0 aromatic carbocycles. The van der Waals surface area contributed by atoms with Gasteiger partial charge >= 0.3 is 5.97 Å². The molecule has 7 rings (SSSR count). The van der Waals surface area contributed by atoms with Crippen molar-refractivity contribution in [3.05, 3.63) is 12.2 Å². The summed E-state index contributed by atoms with van der Waals surface area (Å²) in [5, 5.41) is 147. The van der Waals surface area contributed by atoms with E-state index in [2.05, 4.69) is 13.5 Å². The first kappa shape index (κ1) is 52.2. The van der Waals surface area contributed by atoms with Gasteiger partial charge in [0.15, 0.2) is 18.9 Å². The third-order valence-corrected chi connectivity index (χ3v) is 15.9. The zero-order chi connectivity index (χ0) is 48.2. The molecule has 0 aromatic rings. The molecule has 0 aromatic heterocycles. The molecule has 0 radical (unpaired) electrons. The Kier molecular flexibility index (Phi) is 16.6. The van der Waals surface area contributed by atoms with Crippen LogP contribution in [0.25, 0.3) is 0 Å². The SMILES string of the molecule is C=C1CC2CCC3[C@](C)(C(=O)OC4OC(CO)C(O)C(O)C4O)CCC[C@@]3(C)[C@@H]2CCC1OC1OC(CO)C(O)C(OC2OC(CO)C(O)C(O)C2O)C1OC1OC(CO)C(O)C(O)C1O. The molecule has 14 N–H and O–H groups in total. The Labute approximate surface area is 381 Å². The zero-order valence-corrected chi connectivity index (χ0v) is 37.0. The van der Waals surface area contributed by atoms with Crippen LogP contribution in [-0.2, 0) is 42.7 Å². The maximum absolute atomic E-state index is 14.2. The number of aliphatic hydroxyl groups is 14. The normalized spacial score (nSPS) is 52.5. The number of aliphatic hydroxyl groups excluding tert-OH is 14. The number of hydrogen-bond acceptors (Lipinski definition) is 23. The topological polar surface area (TPSA) is 374 Å². The van der Waals surface area contributed by atoms with Crippen molar-refractivity contribution in [3.8, 4) is 0 Å². The maximum Gasteiger partial charge on any atom is 0.314 e. The molecule has 0 spiro atoms. The smallest absolute Gasteiger partial charge is 0.314 e. The number of hydrogen-bond donors (Lipinski definition) is 14. The Morgan fingerprint density at radius 2 is 1.03 bits per heavy atom. The van der Waals surface area contributed by atoms with E-state index < -0.39 is 172 Å². The number of ether oxygens (including phenoxy) is 8. The van der Waals surface area contributed by atoms with E-state index >= 15 is 0 Å². The molecule has 23 nitrogen and oxygen atoms in total. The van der Waals surface area contributed by atoms with E-state index in [0.717, 1.165) is 6.42 Å². The van der Waals surface area contributed by atoms with E-state index in [4.69, 9.17) is 37.9 Å². The minimum absolute atomic E-state index is 0.0176. The first-order valence-electron chi connectivity index (χ1n) is 23.0. The molecule has 23 unspecified atom stereocenters. The predicted octanol–water partition coefficient (Wildman–Crippen LogP) is -5.26. The molecule has 4 aliphatic heterocycles. The summed E-state index contributed by atoms with van der Waals surface area (Å²) in [5.74, 6) is -0.738. The van der Waals surface area contributed by atoms with Crippen molar-refractivity contribution in [1.29, 1.82) is 0 Å². The van der Waals surface area contributed by atoms with Gasteiger partial charge in [-0.1, -0.05) is 19.9 Å². The molecule has 4 heterocycles. The highest BCUT2D eigenvalue weighted by atomic mass is 16.8. The number of carbonyl (C=O) groups excluding carboxylic acids is 1. The average Bonchev–Trinajstić information content (AvgIpc) is 3.46. The summed E-state index contributed by atoms with van der Waals surface area (Å²) in [6, 6.07) is 0.